The number of nitrogens with one attached hydrogen (secondary N) is 1. The van der Waals surface area contributed by atoms with Crippen molar-refractivity contribution in [1.82, 2.24) is 5.32 Å². The summed E-state index contributed by atoms with van der Waals surface area (Å²) in [6.45, 7) is 12.1. The van der Waals surface area contributed by atoms with E-state index < -0.39 is 0 Å². The molecule has 1 aliphatic rings. The van der Waals surface area contributed by atoms with Gasteiger partial charge in [-0.05, 0) is 75.8 Å². The summed E-state index contributed by atoms with van der Waals surface area (Å²) >= 11 is 6.59. The zero-order chi connectivity index (χ0) is 17.1. The van der Waals surface area contributed by atoms with Gasteiger partial charge in [-0.3, -0.25) is 4.99 Å². The Labute approximate surface area is 147 Å². The topological polar surface area (TPSA) is 24.4 Å². The molecular formula is C20H33ClN2. The number of rotatable bonds is 9. The van der Waals surface area contributed by atoms with Gasteiger partial charge in [0.15, 0.2) is 0 Å². The molecule has 2 nitrogen and oxygen atoms in total. The quantitative estimate of drug-likeness (QED) is 0.414. The maximum atomic E-state index is 6.59. The third-order valence-electron chi connectivity index (χ3n) is 4.51. The van der Waals surface area contributed by atoms with Gasteiger partial charge < -0.3 is 5.32 Å². The molecule has 2 atom stereocenters. The van der Waals surface area contributed by atoms with E-state index in [0.29, 0.717) is 11.8 Å². The highest BCUT2D eigenvalue weighted by Gasteiger charge is 2.17. The zero-order valence-electron chi connectivity index (χ0n) is 15.1. The maximum Gasteiger partial charge on any atom is 0.0366 e. The van der Waals surface area contributed by atoms with Crippen LogP contribution in [0.25, 0.3) is 0 Å². The van der Waals surface area contributed by atoms with Crippen LogP contribution in [0.3, 0.4) is 0 Å². The third-order valence-corrected chi connectivity index (χ3v) is 4.93. The van der Waals surface area contributed by atoms with Gasteiger partial charge in [-0.2, -0.15) is 0 Å². The van der Waals surface area contributed by atoms with Crippen LogP contribution in [-0.4, -0.2) is 19.8 Å². The lowest BCUT2D eigenvalue weighted by Crippen LogP contribution is -2.23. The van der Waals surface area contributed by atoms with Gasteiger partial charge in [-0.15, -0.1) is 0 Å². The van der Waals surface area contributed by atoms with Crippen molar-refractivity contribution in [2.24, 2.45) is 16.8 Å². The highest BCUT2D eigenvalue weighted by molar-refractivity contribution is 6.30. The second kappa shape index (κ2) is 11.6. The van der Waals surface area contributed by atoms with E-state index in [1.54, 1.807) is 0 Å². The molecule has 1 rings (SSSR count). The summed E-state index contributed by atoms with van der Waals surface area (Å²) in [6.07, 6.45) is 13.5. The summed E-state index contributed by atoms with van der Waals surface area (Å²) in [6, 6.07) is 0. The van der Waals surface area contributed by atoms with Crippen LogP contribution in [0.15, 0.2) is 39.5 Å². The van der Waals surface area contributed by atoms with Crippen LogP contribution in [0, 0.1) is 11.8 Å². The molecule has 0 heterocycles. The van der Waals surface area contributed by atoms with E-state index in [0.717, 1.165) is 43.1 Å². The predicted molar refractivity (Wildman–Crippen MR) is 104 cm³/mol. The summed E-state index contributed by atoms with van der Waals surface area (Å²) in [5.74, 6) is 1.13. The highest BCUT2D eigenvalue weighted by Crippen LogP contribution is 2.31. The predicted octanol–water partition coefficient (Wildman–Crippen LogP) is 5.86. The first-order valence-corrected chi connectivity index (χ1v) is 9.41. The molecule has 0 spiro atoms. The van der Waals surface area contributed by atoms with E-state index in [2.05, 4.69) is 56.0 Å². The first-order chi connectivity index (χ1) is 11.1. The van der Waals surface area contributed by atoms with E-state index in [4.69, 9.17) is 11.6 Å². The normalized spacial score (nSPS) is 25.6. The molecule has 0 aromatic carbocycles. The van der Waals surface area contributed by atoms with Crippen molar-refractivity contribution in [2.75, 3.05) is 13.1 Å². The molecule has 0 fully saturated rings. The van der Waals surface area contributed by atoms with Gasteiger partial charge in [-0.25, -0.2) is 0 Å². The molecule has 1 N–H and O–H groups in total. The van der Waals surface area contributed by atoms with Crippen molar-refractivity contribution in [3.63, 3.8) is 0 Å². The Morgan fingerprint density at radius 2 is 2.30 bits per heavy atom. The summed E-state index contributed by atoms with van der Waals surface area (Å²) in [5, 5.41) is 4.55. The molecule has 0 radical (unpaired) electrons. The fraction of sp³-hybridized carbons (Fsp3) is 0.650. The average molecular weight is 337 g/mol. The number of hydrogen-bond acceptors (Lipinski definition) is 2. The Morgan fingerprint density at radius 1 is 1.52 bits per heavy atom. The molecule has 0 aromatic rings. The standard InChI is InChI=1S/C20H33ClN2/c1-5-17-9-7-8-10-18(20(21)14-17)13-16(3)15-23-12-11-19(6-2)22-4/h9,11,14,16,18,23H,4-8,10,12-13,15H2,1-3H3/b17-9-,19-11?,20-14+. The summed E-state index contributed by atoms with van der Waals surface area (Å²) < 4.78 is 0. The minimum atomic E-state index is 0.514. The Balaban J connectivity index is 2.44. The second-order valence-electron chi connectivity index (χ2n) is 6.50. The molecule has 130 valence electrons. The number of halogens is 1. The van der Waals surface area contributed by atoms with E-state index in [1.165, 1.54) is 24.8 Å². The summed E-state index contributed by atoms with van der Waals surface area (Å²) in [4.78, 5) is 4.00. The lowest BCUT2D eigenvalue weighted by atomic mass is 9.88. The number of allylic oxidation sites excluding steroid dienone is 5. The Kier molecular flexibility index (Phi) is 10.2. The summed E-state index contributed by atoms with van der Waals surface area (Å²) in [7, 11) is 0. The SMILES string of the molecule is C=NC(=CCNCC(C)CC1CCC/C=C(CC)\C=C/1Cl)CC. The lowest BCUT2D eigenvalue weighted by molar-refractivity contribution is 0.399. The van der Waals surface area contributed by atoms with Gasteiger partial charge in [0.1, 0.15) is 0 Å². The minimum Gasteiger partial charge on any atom is -0.313 e. The Hall–Kier alpha value is -0.860. The molecule has 0 bridgehead atoms. The van der Waals surface area contributed by atoms with Gasteiger partial charge in [0.2, 0.25) is 0 Å². The second-order valence-corrected chi connectivity index (χ2v) is 6.93. The molecular weight excluding hydrogens is 304 g/mol. The van der Waals surface area contributed by atoms with E-state index in [-0.39, 0.29) is 0 Å². The molecule has 23 heavy (non-hydrogen) atoms. The van der Waals surface area contributed by atoms with Crippen LogP contribution in [0.4, 0.5) is 0 Å². The lowest BCUT2D eigenvalue weighted by Gasteiger charge is -2.22. The highest BCUT2D eigenvalue weighted by atomic mass is 35.5. The first kappa shape index (κ1) is 20.2. The molecule has 2 unspecified atom stereocenters. The van der Waals surface area contributed by atoms with E-state index in [9.17, 15) is 0 Å². The van der Waals surface area contributed by atoms with Crippen molar-refractivity contribution >= 4 is 18.3 Å². The molecule has 0 saturated heterocycles. The molecule has 0 saturated carbocycles. The maximum absolute atomic E-state index is 6.59. The number of aliphatic imine (C=N–C) groups is 1. The van der Waals surface area contributed by atoms with Crippen LogP contribution in [0.2, 0.25) is 0 Å². The smallest absolute Gasteiger partial charge is 0.0366 e. The zero-order valence-corrected chi connectivity index (χ0v) is 15.8. The monoisotopic (exact) mass is 336 g/mol. The molecule has 0 amide bonds. The van der Waals surface area contributed by atoms with Crippen LogP contribution < -0.4 is 5.32 Å². The van der Waals surface area contributed by atoms with Crippen molar-refractivity contribution in [2.45, 2.75) is 59.3 Å². The molecule has 0 aliphatic heterocycles. The number of nitrogens with zero attached hydrogens (tertiary/aromatic N) is 1. The van der Waals surface area contributed by atoms with Gasteiger partial charge >= 0.3 is 0 Å². The van der Waals surface area contributed by atoms with Gasteiger partial charge in [0.25, 0.3) is 0 Å². The fourth-order valence-electron chi connectivity index (χ4n) is 3.03. The van der Waals surface area contributed by atoms with E-state index in [1.807, 2.05) is 0 Å². The van der Waals surface area contributed by atoms with E-state index >= 15 is 0 Å². The third kappa shape index (κ3) is 7.99. The van der Waals surface area contributed by atoms with Crippen LogP contribution in [-0.2, 0) is 0 Å². The Morgan fingerprint density at radius 3 is 2.96 bits per heavy atom. The molecule has 3 heteroatoms. The average Bonchev–Trinajstić information content (AvgIpc) is 2.54. The number of hydrogen-bond donors (Lipinski definition) is 1. The Bertz CT molecular complexity index is 449. The van der Waals surface area contributed by atoms with Crippen LogP contribution in [0.5, 0.6) is 0 Å². The van der Waals surface area contributed by atoms with Gasteiger partial charge in [0, 0.05) is 17.3 Å². The summed E-state index contributed by atoms with van der Waals surface area (Å²) in [5.41, 5.74) is 2.45. The van der Waals surface area contributed by atoms with Crippen LogP contribution in [0.1, 0.15) is 59.3 Å². The van der Waals surface area contributed by atoms with Crippen LogP contribution >= 0.6 is 11.6 Å². The van der Waals surface area contributed by atoms with Gasteiger partial charge in [0.05, 0.1) is 0 Å². The van der Waals surface area contributed by atoms with Crippen molar-refractivity contribution in [1.29, 1.82) is 0 Å². The van der Waals surface area contributed by atoms with Crippen molar-refractivity contribution in [3.8, 4) is 0 Å². The van der Waals surface area contributed by atoms with Crippen molar-refractivity contribution in [3.05, 3.63) is 34.5 Å². The largest absolute Gasteiger partial charge is 0.313 e. The first-order valence-electron chi connectivity index (χ1n) is 9.03. The molecule has 1 aliphatic carbocycles. The molecule has 0 aromatic heterocycles. The van der Waals surface area contributed by atoms with Gasteiger partial charge in [-0.1, -0.05) is 44.0 Å². The van der Waals surface area contributed by atoms with Crippen molar-refractivity contribution < 1.29 is 0 Å². The fourth-order valence-corrected chi connectivity index (χ4v) is 3.37. The minimum absolute atomic E-state index is 0.514.